The molecule has 0 bridgehead atoms. The molecule has 1 N–H and O–H groups in total. The van der Waals surface area contributed by atoms with E-state index in [-0.39, 0.29) is 24.4 Å². The summed E-state index contributed by atoms with van der Waals surface area (Å²) < 4.78 is 5.21. The van der Waals surface area contributed by atoms with Crippen LogP contribution in [0.2, 0.25) is 0 Å². The standard InChI is InChI=1S/C12H14N2O3/c15-10-7-14(6-9-2-1-5-17-9)12(16)11(13-10)8-3-4-8/h1-2,5,8,11H,3-4,6-7H2,(H,13,15). The van der Waals surface area contributed by atoms with Crippen LogP contribution in [0.25, 0.3) is 0 Å². The van der Waals surface area contributed by atoms with Gasteiger partial charge in [0.2, 0.25) is 11.8 Å². The number of carbonyl (C=O) groups excluding carboxylic acids is 2. The lowest BCUT2D eigenvalue weighted by Gasteiger charge is -2.32. The van der Waals surface area contributed by atoms with E-state index in [2.05, 4.69) is 5.32 Å². The molecule has 5 nitrogen and oxygen atoms in total. The van der Waals surface area contributed by atoms with Crippen molar-refractivity contribution in [2.24, 2.45) is 5.92 Å². The number of piperazine rings is 1. The fraction of sp³-hybridized carbons (Fsp3) is 0.500. The Kier molecular flexibility index (Phi) is 2.39. The molecule has 1 saturated carbocycles. The highest BCUT2D eigenvalue weighted by Gasteiger charge is 2.42. The number of carbonyl (C=O) groups is 2. The smallest absolute Gasteiger partial charge is 0.246 e. The first-order valence-corrected chi connectivity index (χ1v) is 5.84. The molecular weight excluding hydrogens is 220 g/mol. The summed E-state index contributed by atoms with van der Waals surface area (Å²) in [6.45, 7) is 0.505. The lowest BCUT2D eigenvalue weighted by atomic mass is 10.1. The van der Waals surface area contributed by atoms with E-state index in [9.17, 15) is 9.59 Å². The van der Waals surface area contributed by atoms with E-state index in [4.69, 9.17) is 4.42 Å². The Hall–Kier alpha value is -1.78. The van der Waals surface area contributed by atoms with Gasteiger partial charge in [0.15, 0.2) is 0 Å². The number of nitrogens with one attached hydrogen (secondary N) is 1. The molecule has 0 radical (unpaired) electrons. The minimum Gasteiger partial charge on any atom is -0.467 e. The van der Waals surface area contributed by atoms with Crippen LogP contribution in [-0.4, -0.2) is 29.3 Å². The highest BCUT2D eigenvalue weighted by molar-refractivity contribution is 5.95. The van der Waals surface area contributed by atoms with Gasteiger partial charge in [0.1, 0.15) is 18.3 Å². The summed E-state index contributed by atoms with van der Waals surface area (Å²) >= 11 is 0. The van der Waals surface area contributed by atoms with Crippen molar-refractivity contribution in [2.75, 3.05) is 6.54 Å². The molecule has 17 heavy (non-hydrogen) atoms. The zero-order valence-electron chi connectivity index (χ0n) is 9.39. The maximum Gasteiger partial charge on any atom is 0.246 e. The Bertz CT molecular complexity index is 437. The van der Waals surface area contributed by atoms with Crippen LogP contribution in [0.15, 0.2) is 22.8 Å². The van der Waals surface area contributed by atoms with Crippen molar-refractivity contribution in [3.63, 3.8) is 0 Å². The first kappa shape index (κ1) is 10.4. The van der Waals surface area contributed by atoms with E-state index in [0.717, 1.165) is 12.8 Å². The van der Waals surface area contributed by atoms with E-state index in [1.54, 1.807) is 17.2 Å². The molecule has 1 aliphatic heterocycles. The fourth-order valence-corrected chi connectivity index (χ4v) is 2.20. The van der Waals surface area contributed by atoms with Gasteiger partial charge in [-0.15, -0.1) is 0 Å². The molecule has 2 amide bonds. The molecule has 1 aromatic heterocycles. The van der Waals surface area contributed by atoms with E-state index >= 15 is 0 Å². The average molecular weight is 234 g/mol. The molecule has 1 aromatic rings. The Morgan fingerprint density at radius 3 is 2.88 bits per heavy atom. The number of hydrogen-bond donors (Lipinski definition) is 1. The van der Waals surface area contributed by atoms with Crippen LogP contribution in [0, 0.1) is 5.92 Å². The molecule has 5 heteroatoms. The number of hydrogen-bond acceptors (Lipinski definition) is 3. The highest BCUT2D eigenvalue weighted by atomic mass is 16.3. The first-order chi connectivity index (χ1) is 8.24. The third-order valence-corrected chi connectivity index (χ3v) is 3.25. The van der Waals surface area contributed by atoms with E-state index in [1.807, 2.05) is 6.07 Å². The summed E-state index contributed by atoms with van der Waals surface area (Å²) in [4.78, 5) is 25.3. The quantitative estimate of drug-likeness (QED) is 0.829. The maximum absolute atomic E-state index is 12.1. The molecule has 2 fully saturated rings. The molecule has 0 aromatic carbocycles. The SMILES string of the molecule is O=C1CN(Cc2ccco2)C(=O)C(C2CC2)N1. The number of amides is 2. The third kappa shape index (κ3) is 2.05. The average Bonchev–Trinajstić information content (AvgIpc) is 3.02. The van der Waals surface area contributed by atoms with Gasteiger partial charge < -0.3 is 14.6 Å². The molecule has 1 saturated heterocycles. The van der Waals surface area contributed by atoms with Crippen molar-refractivity contribution in [1.29, 1.82) is 0 Å². The molecular formula is C12H14N2O3. The second-order valence-electron chi connectivity index (χ2n) is 4.66. The second-order valence-corrected chi connectivity index (χ2v) is 4.66. The molecule has 1 atom stereocenters. The van der Waals surface area contributed by atoms with Crippen LogP contribution in [0.3, 0.4) is 0 Å². The summed E-state index contributed by atoms with van der Waals surface area (Å²) in [6, 6.07) is 3.28. The van der Waals surface area contributed by atoms with Crippen LogP contribution < -0.4 is 5.32 Å². The number of nitrogens with zero attached hydrogens (tertiary/aromatic N) is 1. The summed E-state index contributed by atoms with van der Waals surface area (Å²) in [5, 5.41) is 2.78. The molecule has 1 aliphatic carbocycles. The van der Waals surface area contributed by atoms with Crippen LogP contribution >= 0.6 is 0 Å². The minimum absolute atomic E-state index is 0.0171. The van der Waals surface area contributed by atoms with Gasteiger partial charge in [0.05, 0.1) is 12.8 Å². The van der Waals surface area contributed by atoms with Crippen molar-refractivity contribution in [1.82, 2.24) is 10.2 Å². The minimum atomic E-state index is -0.314. The molecule has 2 aliphatic rings. The monoisotopic (exact) mass is 234 g/mol. The third-order valence-electron chi connectivity index (χ3n) is 3.25. The van der Waals surface area contributed by atoms with Gasteiger partial charge in [-0.2, -0.15) is 0 Å². The van der Waals surface area contributed by atoms with Crippen molar-refractivity contribution in [3.05, 3.63) is 24.2 Å². The molecule has 90 valence electrons. The predicted molar refractivity (Wildman–Crippen MR) is 58.8 cm³/mol. The molecule has 3 rings (SSSR count). The van der Waals surface area contributed by atoms with Crippen molar-refractivity contribution < 1.29 is 14.0 Å². The van der Waals surface area contributed by atoms with Gasteiger partial charge in [0.25, 0.3) is 0 Å². The van der Waals surface area contributed by atoms with Gasteiger partial charge >= 0.3 is 0 Å². The Morgan fingerprint density at radius 1 is 1.41 bits per heavy atom. The molecule has 1 unspecified atom stereocenters. The topological polar surface area (TPSA) is 62.6 Å². The maximum atomic E-state index is 12.1. The zero-order valence-corrected chi connectivity index (χ0v) is 9.39. The summed E-state index contributed by atoms with van der Waals surface area (Å²) in [6.07, 6.45) is 3.64. The van der Waals surface area contributed by atoms with Crippen molar-refractivity contribution in [2.45, 2.75) is 25.4 Å². The summed E-state index contributed by atoms with van der Waals surface area (Å²) in [5.74, 6) is 0.991. The van der Waals surface area contributed by atoms with Crippen molar-refractivity contribution >= 4 is 11.8 Å². The van der Waals surface area contributed by atoms with E-state index < -0.39 is 0 Å². The van der Waals surface area contributed by atoms with Crippen molar-refractivity contribution in [3.8, 4) is 0 Å². The summed E-state index contributed by atoms with van der Waals surface area (Å²) in [5.41, 5.74) is 0. The number of rotatable bonds is 3. The lowest BCUT2D eigenvalue weighted by Crippen LogP contribution is -2.58. The van der Waals surface area contributed by atoms with Gasteiger partial charge in [0, 0.05) is 0 Å². The predicted octanol–water partition coefficient (Wildman–Crippen LogP) is 0.517. The normalized spacial score (nSPS) is 24.9. The summed E-state index contributed by atoms with van der Waals surface area (Å²) in [7, 11) is 0. The van der Waals surface area contributed by atoms with E-state index in [0.29, 0.717) is 18.2 Å². The highest BCUT2D eigenvalue weighted by Crippen LogP contribution is 2.34. The zero-order chi connectivity index (χ0) is 11.8. The van der Waals surface area contributed by atoms with Crippen LogP contribution in [0.4, 0.5) is 0 Å². The van der Waals surface area contributed by atoms with Crippen LogP contribution in [0.1, 0.15) is 18.6 Å². The molecule has 2 heterocycles. The largest absolute Gasteiger partial charge is 0.467 e. The van der Waals surface area contributed by atoms with Gasteiger partial charge in [-0.25, -0.2) is 0 Å². The lowest BCUT2D eigenvalue weighted by molar-refractivity contribution is -0.145. The van der Waals surface area contributed by atoms with E-state index in [1.165, 1.54) is 0 Å². The van der Waals surface area contributed by atoms with Gasteiger partial charge in [-0.3, -0.25) is 9.59 Å². The first-order valence-electron chi connectivity index (χ1n) is 5.84. The van der Waals surface area contributed by atoms with Crippen LogP contribution in [0.5, 0.6) is 0 Å². The molecule has 0 spiro atoms. The fourth-order valence-electron chi connectivity index (χ4n) is 2.20. The Balaban J connectivity index is 1.73. The number of furan rings is 1. The second kappa shape index (κ2) is 3.91. The van der Waals surface area contributed by atoms with Gasteiger partial charge in [-0.05, 0) is 30.9 Å². The Labute approximate surface area is 98.8 Å². The Morgan fingerprint density at radius 2 is 2.24 bits per heavy atom. The van der Waals surface area contributed by atoms with Crippen LogP contribution in [-0.2, 0) is 16.1 Å². The van der Waals surface area contributed by atoms with Gasteiger partial charge in [-0.1, -0.05) is 0 Å².